The van der Waals surface area contributed by atoms with Crippen molar-refractivity contribution >= 4 is 27.8 Å². The summed E-state index contributed by atoms with van der Waals surface area (Å²) < 4.78 is 38.8. The number of nitrogens with zero attached hydrogens (tertiary/aromatic N) is 2. The van der Waals surface area contributed by atoms with E-state index < -0.39 is 22.5 Å². The number of hydrazone groups is 1. The average molecular weight is 530 g/mol. The van der Waals surface area contributed by atoms with Gasteiger partial charge in [0.25, 0.3) is 15.9 Å². The van der Waals surface area contributed by atoms with E-state index in [1.54, 1.807) is 54.6 Å². The first-order valence-corrected chi connectivity index (χ1v) is 13.2. The first-order chi connectivity index (χ1) is 18.5. The second-order valence-corrected chi connectivity index (χ2v) is 10.0. The Kier molecular flexibility index (Phi) is 8.73. The lowest BCUT2D eigenvalue weighted by Crippen LogP contribution is -2.39. The van der Waals surface area contributed by atoms with Crippen molar-refractivity contribution < 1.29 is 22.7 Å². The van der Waals surface area contributed by atoms with Crippen molar-refractivity contribution in [1.29, 1.82) is 0 Å². The van der Waals surface area contributed by atoms with Crippen molar-refractivity contribution in [1.82, 2.24) is 5.43 Å². The molecule has 4 aromatic carbocycles. The molecular formula is C29H27N3O5S. The Balaban J connectivity index is 1.41. The van der Waals surface area contributed by atoms with Gasteiger partial charge < -0.3 is 9.47 Å². The van der Waals surface area contributed by atoms with Gasteiger partial charge in [-0.25, -0.2) is 13.8 Å². The van der Waals surface area contributed by atoms with Crippen LogP contribution in [0.1, 0.15) is 11.1 Å². The van der Waals surface area contributed by atoms with Crippen molar-refractivity contribution in [3.63, 3.8) is 0 Å². The van der Waals surface area contributed by atoms with Crippen LogP contribution < -0.4 is 19.2 Å². The van der Waals surface area contributed by atoms with Crippen LogP contribution in [-0.2, 0) is 21.4 Å². The molecule has 0 radical (unpaired) electrons. The third kappa shape index (κ3) is 6.98. The molecule has 1 N–H and O–H groups in total. The van der Waals surface area contributed by atoms with Crippen molar-refractivity contribution in [3.8, 4) is 11.5 Å². The Morgan fingerprint density at radius 2 is 1.55 bits per heavy atom. The maximum absolute atomic E-state index is 13.4. The van der Waals surface area contributed by atoms with Gasteiger partial charge in [-0.2, -0.15) is 5.10 Å². The predicted octanol–water partition coefficient (Wildman–Crippen LogP) is 4.62. The largest absolute Gasteiger partial charge is 0.497 e. The van der Waals surface area contributed by atoms with Gasteiger partial charge in [-0.15, -0.1) is 0 Å². The van der Waals surface area contributed by atoms with Gasteiger partial charge in [0.15, 0.2) is 0 Å². The van der Waals surface area contributed by atoms with Gasteiger partial charge in [-0.05, 0) is 59.7 Å². The number of nitrogens with one attached hydrogen (secondary N) is 1. The molecule has 194 valence electrons. The average Bonchev–Trinajstić information content (AvgIpc) is 2.96. The number of rotatable bonds is 11. The maximum atomic E-state index is 13.4. The first kappa shape index (κ1) is 26.4. The number of hydrogen-bond acceptors (Lipinski definition) is 6. The van der Waals surface area contributed by atoms with Crippen molar-refractivity contribution in [2.45, 2.75) is 11.5 Å². The molecule has 4 rings (SSSR count). The van der Waals surface area contributed by atoms with Crippen LogP contribution in [-0.4, -0.2) is 34.2 Å². The molecule has 4 aromatic rings. The lowest BCUT2D eigenvalue weighted by atomic mass is 10.2. The Morgan fingerprint density at radius 1 is 0.868 bits per heavy atom. The van der Waals surface area contributed by atoms with E-state index in [2.05, 4.69) is 10.5 Å². The van der Waals surface area contributed by atoms with Crippen LogP contribution in [0.25, 0.3) is 0 Å². The summed E-state index contributed by atoms with van der Waals surface area (Å²) in [6.45, 7) is -0.0198. The minimum atomic E-state index is -4.03. The molecule has 0 aliphatic carbocycles. The standard InChI is InChI=1S/C29H27N3O5S/c1-36-27-12-8-11-25(19-27)32(38(34,35)28-13-6-3-7-14-28)21-29(33)31-30-20-23-15-17-26(18-16-23)37-22-24-9-4-2-5-10-24/h2-20H,21-22H2,1H3,(H,31,33)/b30-20-. The zero-order chi connectivity index (χ0) is 26.8. The summed E-state index contributed by atoms with van der Waals surface area (Å²) in [5, 5.41) is 3.99. The lowest BCUT2D eigenvalue weighted by molar-refractivity contribution is -0.119. The number of carbonyl (C=O) groups excluding carboxylic acids is 1. The van der Waals surface area contributed by atoms with Gasteiger partial charge in [-0.1, -0.05) is 54.6 Å². The van der Waals surface area contributed by atoms with Crippen LogP contribution in [0.5, 0.6) is 11.5 Å². The SMILES string of the molecule is COc1cccc(N(CC(=O)N/N=C\c2ccc(OCc3ccccc3)cc2)S(=O)(=O)c2ccccc2)c1. The fourth-order valence-electron chi connectivity index (χ4n) is 3.54. The van der Waals surface area contributed by atoms with Gasteiger partial charge in [0.05, 0.1) is 23.9 Å². The molecule has 8 nitrogen and oxygen atoms in total. The number of hydrogen-bond donors (Lipinski definition) is 1. The Hall–Kier alpha value is -4.63. The van der Waals surface area contributed by atoms with Crippen molar-refractivity contribution in [3.05, 3.63) is 120 Å². The molecule has 0 heterocycles. The summed E-state index contributed by atoms with van der Waals surface area (Å²) >= 11 is 0. The molecule has 0 bridgehead atoms. The van der Waals surface area contributed by atoms with Gasteiger partial charge in [0.2, 0.25) is 0 Å². The first-order valence-electron chi connectivity index (χ1n) is 11.8. The van der Waals surface area contributed by atoms with Crippen LogP contribution in [0.4, 0.5) is 5.69 Å². The quantitative estimate of drug-likeness (QED) is 0.226. The molecule has 9 heteroatoms. The van der Waals surface area contributed by atoms with E-state index in [0.29, 0.717) is 23.8 Å². The van der Waals surface area contributed by atoms with E-state index in [4.69, 9.17) is 9.47 Å². The maximum Gasteiger partial charge on any atom is 0.264 e. The lowest BCUT2D eigenvalue weighted by Gasteiger charge is -2.24. The molecule has 0 aliphatic heterocycles. The molecule has 0 aromatic heterocycles. The second kappa shape index (κ2) is 12.6. The molecule has 0 aliphatic rings. The summed E-state index contributed by atoms with van der Waals surface area (Å²) in [6.07, 6.45) is 1.47. The molecular weight excluding hydrogens is 502 g/mol. The second-order valence-electron chi connectivity index (χ2n) is 8.16. The number of amides is 1. The number of ether oxygens (including phenoxy) is 2. The number of benzene rings is 4. The number of anilines is 1. The minimum Gasteiger partial charge on any atom is -0.497 e. The highest BCUT2D eigenvalue weighted by Gasteiger charge is 2.27. The normalized spacial score (nSPS) is 11.2. The third-order valence-electron chi connectivity index (χ3n) is 5.49. The Morgan fingerprint density at radius 3 is 2.24 bits per heavy atom. The molecule has 0 saturated heterocycles. The minimum absolute atomic E-state index is 0.0636. The fraction of sp³-hybridized carbons (Fsp3) is 0.103. The number of methoxy groups -OCH3 is 1. The van der Waals surface area contributed by atoms with Crippen LogP contribution in [0, 0.1) is 0 Å². The number of sulfonamides is 1. The molecule has 1 amide bonds. The van der Waals surface area contributed by atoms with Crippen LogP contribution in [0.15, 0.2) is 119 Å². The Bertz CT molecular complexity index is 1480. The third-order valence-corrected chi connectivity index (χ3v) is 7.28. The molecule has 0 saturated carbocycles. The van der Waals surface area contributed by atoms with Crippen LogP contribution in [0.2, 0.25) is 0 Å². The molecule has 0 spiro atoms. The zero-order valence-electron chi connectivity index (χ0n) is 20.7. The highest BCUT2D eigenvalue weighted by atomic mass is 32.2. The molecule has 0 atom stereocenters. The predicted molar refractivity (Wildman–Crippen MR) is 147 cm³/mol. The summed E-state index contributed by atoms with van der Waals surface area (Å²) in [4.78, 5) is 12.8. The van der Waals surface area contributed by atoms with E-state index in [0.717, 1.165) is 15.4 Å². The van der Waals surface area contributed by atoms with Crippen LogP contribution >= 0.6 is 0 Å². The molecule has 0 unspecified atom stereocenters. The zero-order valence-corrected chi connectivity index (χ0v) is 21.5. The van der Waals surface area contributed by atoms with E-state index in [9.17, 15) is 13.2 Å². The van der Waals surface area contributed by atoms with E-state index >= 15 is 0 Å². The highest BCUT2D eigenvalue weighted by molar-refractivity contribution is 7.92. The Labute approximate surface area is 222 Å². The van der Waals surface area contributed by atoms with E-state index in [1.165, 1.54) is 25.5 Å². The number of carbonyl (C=O) groups is 1. The van der Waals surface area contributed by atoms with Gasteiger partial charge in [0, 0.05) is 6.07 Å². The van der Waals surface area contributed by atoms with Gasteiger partial charge in [0.1, 0.15) is 24.7 Å². The molecule has 0 fully saturated rings. The van der Waals surface area contributed by atoms with E-state index in [1.807, 2.05) is 42.5 Å². The van der Waals surface area contributed by atoms with Crippen molar-refractivity contribution in [2.75, 3.05) is 18.0 Å². The van der Waals surface area contributed by atoms with Crippen molar-refractivity contribution in [2.24, 2.45) is 5.10 Å². The fourth-order valence-corrected chi connectivity index (χ4v) is 4.97. The summed E-state index contributed by atoms with van der Waals surface area (Å²) in [6, 6.07) is 31.5. The highest BCUT2D eigenvalue weighted by Crippen LogP contribution is 2.26. The monoisotopic (exact) mass is 529 g/mol. The van der Waals surface area contributed by atoms with Gasteiger partial charge in [-0.3, -0.25) is 9.10 Å². The summed E-state index contributed by atoms with van der Waals surface area (Å²) in [7, 11) is -2.55. The summed E-state index contributed by atoms with van der Waals surface area (Å²) in [5.41, 5.74) is 4.50. The smallest absolute Gasteiger partial charge is 0.264 e. The van der Waals surface area contributed by atoms with Crippen LogP contribution in [0.3, 0.4) is 0 Å². The molecule has 38 heavy (non-hydrogen) atoms. The topological polar surface area (TPSA) is 97.3 Å². The van der Waals surface area contributed by atoms with Gasteiger partial charge >= 0.3 is 0 Å². The van der Waals surface area contributed by atoms with E-state index in [-0.39, 0.29) is 4.90 Å². The summed E-state index contributed by atoms with van der Waals surface area (Å²) in [5.74, 6) is 0.562.